The first-order chi connectivity index (χ1) is 8.65. The van der Waals surface area contributed by atoms with Crippen LogP contribution >= 0.6 is 0 Å². The van der Waals surface area contributed by atoms with E-state index in [2.05, 4.69) is 15.5 Å². The van der Waals surface area contributed by atoms with Crippen molar-refractivity contribution in [3.8, 4) is 0 Å². The lowest BCUT2D eigenvalue weighted by Crippen LogP contribution is -2.08. The van der Waals surface area contributed by atoms with Gasteiger partial charge < -0.3 is 5.32 Å². The van der Waals surface area contributed by atoms with Crippen LogP contribution < -0.4 is 5.32 Å². The average molecular weight is 245 g/mol. The second kappa shape index (κ2) is 5.58. The van der Waals surface area contributed by atoms with Crippen molar-refractivity contribution < 1.29 is 4.39 Å². The maximum atomic E-state index is 12.9. The minimum Gasteiger partial charge on any atom is -0.368 e. The molecule has 1 N–H and O–H groups in total. The molecule has 0 saturated heterocycles. The number of aromatic nitrogens is 2. The summed E-state index contributed by atoms with van der Waals surface area (Å²) in [6, 6.07) is 6.83. The number of aryl methyl sites for hydroxylation is 2. The van der Waals surface area contributed by atoms with Crippen LogP contribution in [-0.2, 0) is 6.42 Å². The Morgan fingerprint density at radius 1 is 1.22 bits per heavy atom. The summed E-state index contributed by atoms with van der Waals surface area (Å²) in [7, 11) is 0. The molecule has 1 aromatic carbocycles. The van der Waals surface area contributed by atoms with E-state index in [9.17, 15) is 4.39 Å². The average Bonchev–Trinajstić information content (AvgIpc) is 2.32. The van der Waals surface area contributed by atoms with Gasteiger partial charge in [-0.3, -0.25) is 0 Å². The van der Waals surface area contributed by atoms with Crippen LogP contribution in [0.5, 0.6) is 0 Å². The quantitative estimate of drug-likeness (QED) is 0.900. The highest BCUT2D eigenvalue weighted by molar-refractivity contribution is 5.35. The van der Waals surface area contributed by atoms with E-state index in [4.69, 9.17) is 0 Å². The minimum atomic E-state index is -0.186. The first-order valence-electron chi connectivity index (χ1n) is 5.93. The zero-order valence-electron chi connectivity index (χ0n) is 10.6. The van der Waals surface area contributed by atoms with Gasteiger partial charge in [-0.25, -0.2) is 4.39 Å². The molecule has 0 unspecified atom stereocenters. The molecule has 0 aliphatic carbocycles. The Bertz CT molecular complexity index is 540. The second-order valence-corrected chi connectivity index (χ2v) is 4.37. The highest BCUT2D eigenvalue weighted by atomic mass is 19.1. The van der Waals surface area contributed by atoms with E-state index in [1.54, 1.807) is 12.3 Å². The zero-order valence-corrected chi connectivity index (χ0v) is 10.6. The van der Waals surface area contributed by atoms with E-state index in [1.807, 2.05) is 26.0 Å². The maximum Gasteiger partial charge on any atom is 0.148 e. The Kier molecular flexibility index (Phi) is 3.87. The summed E-state index contributed by atoms with van der Waals surface area (Å²) in [4.78, 5) is 0. The monoisotopic (exact) mass is 245 g/mol. The van der Waals surface area contributed by atoms with Crippen molar-refractivity contribution in [1.82, 2.24) is 10.2 Å². The smallest absolute Gasteiger partial charge is 0.148 e. The van der Waals surface area contributed by atoms with Gasteiger partial charge in [0.05, 0.1) is 6.20 Å². The van der Waals surface area contributed by atoms with Gasteiger partial charge in [0, 0.05) is 6.54 Å². The SMILES string of the molecule is Cc1cnnc(NCCc2ccc(F)cc2C)c1. The van der Waals surface area contributed by atoms with Crippen molar-refractivity contribution in [3.05, 3.63) is 53.0 Å². The molecule has 1 heterocycles. The Morgan fingerprint density at radius 2 is 2.06 bits per heavy atom. The zero-order chi connectivity index (χ0) is 13.0. The Labute approximate surface area is 106 Å². The van der Waals surface area contributed by atoms with Gasteiger partial charge in [0.1, 0.15) is 11.6 Å². The van der Waals surface area contributed by atoms with E-state index < -0.39 is 0 Å². The van der Waals surface area contributed by atoms with Crippen LogP contribution in [0.3, 0.4) is 0 Å². The van der Waals surface area contributed by atoms with Crippen molar-refractivity contribution in [2.45, 2.75) is 20.3 Å². The summed E-state index contributed by atoms with van der Waals surface area (Å²) in [5.41, 5.74) is 3.20. The summed E-state index contributed by atoms with van der Waals surface area (Å²) in [5.74, 6) is 0.587. The Balaban J connectivity index is 1.92. The normalized spacial score (nSPS) is 10.4. The topological polar surface area (TPSA) is 37.8 Å². The minimum absolute atomic E-state index is 0.186. The predicted molar refractivity (Wildman–Crippen MR) is 70.1 cm³/mol. The van der Waals surface area contributed by atoms with Crippen molar-refractivity contribution >= 4 is 5.82 Å². The molecule has 18 heavy (non-hydrogen) atoms. The third-order valence-electron chi connectivity index (χ3n) is 2.80. The van der Waals surface area contributed by atoms with Gasteiger partial charge in [-0.2, -0.15) is 5.10 Å². The summed E-state index contributed by atoms with van der Waals surface area (Å²) in [5, 5.41) is 11.1. The van der Waals surface area contributed by atoms with Gasteiger partial charge in [0.25, 0.3) is 0 Å². The van der Waals surface area contributed by atoms with Crippen molar-refractivity contribution in [1.29, 1.82) is 0 Å². The predicted octanol–water partition coefficient (Wildman–Crippen LogP) is 2.89. The molecular formula is C14H16FN3. The fourth-order valence-corrected chi connectivity index (χ4v) is 1.82. The van der Waals surface area contributed by atoms with Crippen LogP contribution in [0.4, 0.5) is 10.2 Å². The van der Waals surface area contributed by atoms with Crippen LogP contribution in [0, 0.1) is 19.7 Å². The molecule has 0 spiro atoms. The van der Waals surface area contributed by atoms with Gasteiger partial charge in [0.15, 0.2) is 0 Å². The first kappa shape index (κ1) is 12.5. The van der Waals surface area contributed by atoms with E-state index >= 15 is 0 Å². The van der Waals surface area contributed by atoms with Crippen molar-refractivity contribution in [3.63, 3.8) is 0 Å². The molecule has 1 aromatic heterocycles. The molecule has 0 saturated carbocycles. The summed E-state index contributed by atoms with van der Waals surface area (Å²) in [6.45, 7) is 4.65. The number of anilines is 1. The molecule has 0 radical (unpaired) electrons. The van der Waals surface area contributed by atoms with Crippen LogP contribution in [0.1, 0.15) is 16.7 Å². The fourth-order valence-electron chi connectivity index (χ4n) is 1.82. The first-order valence-corrected chi connectivity index (χ1v) is 5.93. The maximum absolute atomic E-state index is 12.9. The highest BCUT2D eigenvalue weighted by Crippen LogP contribution is 2.11. The van der Waals surface area contributed by atoms with Crippen LogP contribution in [0.15, 0.2) is 30.5 Å². The van der Waals surface area contributed by atoms with E-state index in [-0.39, 0.29) is 5.82 Å². The Morgan fingerprint density at radius 3 is 2.78 bits per heavy atom. The van der Waals surface area contributed by atoms with Gasteiger partial charge in [-0.05, 0) is 55.2 Å². The summed E-state index contributed by atoms with van der Waals surface area (Å²) < 4.78 is 12.9. The molecule has 4 heteroatoms. The number of benzene rings is 1. The second-order valence-electron chi connectivity index (χ2n) is 4.37. The van der Waals surface area contributed by atoms with Gasteiger partial charge in [-0.15, -0.1) is 5.10 Å². The molecule has 0 atom stereocenters. The number of nitrogens with zero attached hydrogens (tertiary/aromatic N) is 2. The van der Waals surface area contributed by atoms with Crippen molar-refractivity contribution in [2.75, 3.05) is 11.9 Å². The standard InChI is InChI=1S/C14H16FN3/c1-10-7-14(18-17-9-10)16-6-5-12-3-4-13(15)8-11(12)2/h3-4,7-9H,5-6H2,1-2H3,(H,16,18). The van der Waals surface area contributed by atoms with E-state index in [0.29, 0.717) is 0 Å². The van der Waals surface area contributed by atoms with Gasteiger partial charge in [-0.1, -0.05) is 6.07 Å². The van der Waals surface area contributed by atoms with Crippen LogP contribution in [0.25, 0.3) is 0 Å². The molecule has 0 bridgehead atoms. The Hall–Kier alpha value is -1.97. The molecule has 2 rings (SSSR count). The van der Waals surface area contributed by atoms with Gasteiger partial charge in [0.2, 0.25) is 0 Å². The summed E-state index contributed by atoms with van der Waals surface area (Å²) in [6.07, 6.45) is 2.55. The molecular weight excluding hydrogens is 229 g/mol. The number of nitrogens with one attached hydrogen (secondary N) is 1. The third kappa shape index (κ3) is 3.26. The molecule has 3 nitrogen and oxygen atoms in total. The van der Waals surface area contributed by atoms with Crippen LogP contribution in [-0.4, -0.2) is 16.7 Å². The van der Waals surface area contributed by atoms with E-state index in [0.717, 1.165) is 35.5 Å². The van der Waals surface area contributed by atoms with Gasteiger partial charge >= 0.3 is 0 Å². The highest BCUT2D eigenvalue weighted by Gasteiger charge is 2.00. The molecule has 0 aliphatic heterocycles. The largest absolute Gasteiger partial charge is 0.368 e. The molecule has 94 valence electrons. The lowest BCUT2D eigenvalue weighted by atomic mass is 10.1. The fraction of sp³-hybridized carbons (Fsp3) is 0.286. The van der Waals surface area contributed by atoms with E-state index in [1.165, 1.54) is 6.07 Å². The number of hydrogen-bond acceptors (Lipinski definition) is 3. The lowest BCUT2D eigenvalue weighted by molar-refractivity contribution is 0.625. The number of hydrogen-bond donors (Lipinski definition) is 1. The molecule has 0 aliphatic rings. The van der Waals surface area contributed by atoms with Crippen molar-refractivity contribution in [2.24, 2.45) is 0 Å². The number of halogens is 1. The molecule has 2 aromatic rings. The molecule has 0 amide bonds. The number of rotatable bonds is 4. The molecule has 0 fully saturated rings. The van der Waals surface area contributed by atoms with Crippen LogP contribution in [0.2, 0.25) is 0 Å². The summed E-state index contributed by atoms with van der Waals surface area (Å²) >= 11 is 0. The lowest BCUT2D eigenvalue weighted by Gasteiger charge is -2.08. The third-order valence-corrected chi connectivity index (χ3v) is 2.80.